The maximum Gasteiger partial charge on any atom is -0.0533 e. The maximum atomic E-state index is 2.25. The lowest BCUT2D eigenvalue weighted by Crippen LogP contribution is -1.70. The lowest BCUT2D eigenvalue weighted by molar-refractivity contribution is 0.656. The molecule has 0 saturated carbocycles. The third kappa shape index (κ3) is 72.7. The molecule has 0 radical (unpaired) electrons. The van der Waals surface area contributed by atoms with Crippen LogP contribution < -0.4 is 0 Å². The summed E-state index contributed by atoms with van der Waals surface area (Å²) in [5.74, 6) is 0. The minimum atomic E-state index is 1.34. The molecule has 0 bridgehead atoms. The highest BCUT2D eigenvalue weighted by Crippen LogP contribution is 2.00. The molecule has 0 fully saturated rings. The van der Waals surface area contributed by atoms with Gasteiger partial charge in [0.1, 0.15) is 0 Å². The van der Waals surface area contributed by atoms with E-state index >= 15 is 0 Å². The average Bonchev–Trinajstić information content (AvgIpc) is 2.57. The standard InChI is InChI=1S/C7H16.C6H14.2C5H12/c1-3-5-7-6-4-2;1-3-5-6-4-2;2*1-3-5-4-2/h3-7H2,1-2H3;3-6H2,1-2H3;2*3-5H2,1-2H3. The number of hydrogen-bond donors (Lipinski definition) is 0. The van der Waals surface area contributed by atoms with E-state index in [0.29, 0.717) is 0 Å². The Labute approximate surface area is 152 Å². The summed E-state index contributed by atoms with van der Waals surface area (Å²) in [6, 6.07) is 0. The molecule has 23 heavy (non-hydrogen) atoms. The van der Waals surface area contributed by atoms with Crippen molar-refractivity contribution in [3.05, 3.63) is 0 Å². The molecule has 0 heterocycles. The highest BCUT2D eigenvalue weighted by atomic mass is 13.9. The second-order valence-electron chi connectivity index (χ2n) is 6.47. The Bertz CT molecular complexity index is 99.2. The topological polar surface area (TPSA) is 0 Å². The zero-order chi connectivity index (χ0) is 18.6. The van der Waals surface area contributed by atoms with Crippen LogP contribution in [0.2, 0.25) is 0 Å². The summed E-state index contributed by atoms with van der Waals surface area (Å²) in [5.41, 5.74) is 0. The number of unbranched alkanes of at least 4 members (excludes halogenated alkanes) is 11. The predicted octanol–water partition coefficient (Wildman–Crippen LogP) is 9.96. The molecule has 0 atom stereocenters. The van der Waals surface area contributed by atoms with Crippen LogP contribution in [0.1, 0.15) is 152 Å². The van der Waals surface area contributed by atoms with E-state index in [-0.39, 0.29) is 0 Å². The molecule has 0 N–H and O–H groups in total. The van der Waals surface area contributed by atoms with Gasteiger partial charge in [0.2, 0.25) is 0 Å². The van der Waals surface area contributed by atoms with Crippen molar-refractivity contribution in [2.24, 2.45) is 0 Å². The minimum absolute atomic E-state index is 1.34. The maximum absolute atomic E-state index is 2.25. The van der Waals surface area contributed by atoms with Crippen molar-refractivity contribution in [3.8, 4) is 0 Å². The molecule has 0 nitrogen and oxygen atoms in total. The first kappa shape index (κ1) is 30.8. The Balaban J connectivity index is -0.000000106. The zero-order valence-corrected chi connectivity index (χ0v) is 18.6. The second kappa shape index (κ2) is 43.1. The Morgan fingerprint density at radius 1 is 0.217 bits per heavy atom. The molecule has 0 spiro atoms. The molecule has 0 heteroatoms. The van der Waals surface area contributed by atoms with E-state index in [1.807, 2.05) is 0 Å². The lowest BCUT2D eigenvalue weighted by atomic mass is 10.2. The van der Waals surface area contributed by atoms with Gasteiger partial charge in [-0.1, -0.05) is 152 Å². The average molecular weight is 331 g/mol. The van der Waals surface area contributed by atoms with E-state index in [9.17, 15) is 0 Å². The van der Waals surface area contributed by atoms with Gasteiger partial charge in [0.05, 0.1) is 0 Å². The minimum Gasteiger partial charge on any atom is -0.0654 e. The van der Waals surface area contributed by atoms with Crippen molar-refractivity contribution in [2.75, 3.05) is 0 Å². The molecule has 0 aliphatic heterocycles. The first-order valence-electron chi connectivity index (χ1n) is 11.2. The zero-order valence-electron chi connectivity index (χ0n) is 18.6. The van der Waals surface area contributed by atoms with E-state index in [1.54, 1.807) is 0 Å². The summed E-state index contributed by atoms with van der Waals surface area (Å²) in [6.45, 7) is 17.8. The van der Waals surface area contributed by atoms with Gasteiger partial charge in [-0.15, -0.1) is 0 Å². The third-order valence-electron chi connectivity index (χ3n) is 3.58. The first-order valence-corrected chi connectivity index (χ1v) is 11.2. The van der Waals surface area contributed by atoms with Crippen molar-refractivity contribution < 1.29 is 0 Å². The fourth-order valence-electron chi connectivity index (χ4n) is 1.88. The molecule has 0 amide bonds. The van der Waals surface area contributed by atoms with E-state index in [1.165, 1.54) is 96.3 Å². The molecule has 0 rings (SSSR count). The molecular weight excluding hydrogens is 276 g/mol. The fraction of sp³-hybridized carbons (Fsp3) is 1.00. The third-order valence-corrected chi connectivity index (χ3v) is 3.58. The van der Waals surface area contributed by atoms with Gasteiger partial charge in [0.15, 0.2) is 0 Å². The molecule has 0 aromatic rings. The van der Waals surface area contributed by atoms with Gasteiger partial charge < -0.3 is 0 Å². The SMILES string of the molecule is CCCCC.CCCCC.CCCCCC.CCCCCCC. The molecule has 146 valence electrons. The molecule has 0 aliphatic carbocycles. The van der Waals surface area contributed by atoms with Crippen LogP contribution in [0.3, 0.4) is 0 Å². The number of rotatable bonds is 11. The van der Waals surface area contributed by atoms with Crippen LogP contribution in [-0.4, -0.2) is 0 Å². The molecular formula is C23H54. The van der Waals surface area contributed by atoms with Crippen LogP contribution in [0.4, 0.5) is 0 Å². The molecule has 0 saturated heterocycles. The van der Waals surface area contributed by atoms with Gasteiger partial charge in [-0.25, -0.2) is 0 Å². The highest BCUT2D eigenvalue weighted by molar-refractivity contribution is 4.36. The predicted molar refractivity (Wildman–Crippen MR) is 115 cm³/mol. The monoisotopic (exact) mass is 330 g/mol. The normalized spacial score (nSPS) is 8.87. The van der Waals surface area contributed by atoms with Crippen molar-refractivity contribution in [3.63, 3.8) is 0 Å². The van der Waals surface area contributed by atoms with Crippen LogP contribution in [0.15, 0.2) is 0 Å². The van der Waals surface area contributed by atoms with Gasteiger partial charge in [-0.3, -0.25) is 0 Å². The highest BCUT2D eigenvalue weighted by Gasteiger charge is 1.80. The van der Waals surface area contributed by atoms with E-state index in [0.717, 1.165) is 0 Å². The van der Waals surface area contributed by atoms with Crippen LogP contribution in [-0.2, 0) is 0 Å². The Morgan fingerprint density at radius 3 is 0.522 bits per heavy atom. The van der Waals surface area contributed by atoms with Crippen molar-refractivity contribution in [2.45, 2.75) is 152 Å². The number of hydrogen-bond acceptors (Lipinski definition) is 0. The summed E-state index contributed by atoms with van der Waals surface area (Å²) < 4.78 is 0. The fourth-order valence-corrected chi connectivity index (χ4v) is 1.88. The quantitative estimate of drug-likeness (QED) is 0.330. The van der Waals surface area contributed by atoms with E-state index in [4.69, 9.17) is 0 Å². The van der Waals surface area contributed by atoms with Gasteiger partial charge in [0.25, 0.3) is 0 Å². The van der Waals surface area contributed by atoms with E-state index < -0.39 is 0 Å². The summed E-state index contributed by atoms with van der Waals surface area (Å²) in [7, 11) is 0. The smallest absolute Gasteiger partial charge is 0.0533 e. The largest absolute Gasteiger partial charge is 0.0654 e. The molecule has 0 unspecified atom stereocenters. The van der Waals surface area contributed by atoms with Gasteiger partial charge in [0, 0.05) is 0 Å². The van der Waals surface area contributed by atoms with E-state index in [2.05, 4.69) is 55.4 Å². The molecule has 0 aromatic carbocycles. The summed E-state index contributed by atoms with van der Waals surface area (Å²) in [4.78, 5) is 0. The van der Waals surface area contributed by atoms with Gasteiger partial charge in [-0.2, -0.15) is 0 Å². The van der Waals surface area contributed by atoms with Crippen LogP contribution >= 0.6 is 0 Å². The second-order valence-corrected chi connectivity index (χ2v) is 6.47. The lowest BCUT2D eigenvalue weighted by Gasteiger charge is -1.90. The Hall–Kier alpha value is 0. The Kier molecular flexibility index (Phi) is 57.8. The molecule has 0 aliphatic rings. The van der Waals surface area contributed by atoms with Gasteiger partial charge in [-0.05, 0) is 0 Å². The molecule has 0 aromatic heterocycles. The van der Waals surface area contributed by atoms with Crippen molar-refractivity contribution in [1.82, 2.24) is 0 Å². The van der Waals surface area contributed by atoms with Gasteiger partial charge >= 0.3 is 0 Å². The first-order chi connectivity index (χ1) is 11.2. The Morgan fingerprint density at radius 2 is 0.391 bits per heavy atom. The van der Waals surface area contributed by atoms with Crippen LogP contribution in [0.25, 0.3) is 0 Å². The van der Waals surface area contributed by atoms with Crippen LogP contribution in [0.5, 0.6) is 0 Å². The van der Waals surface area contributed by atoms with Crippen molar-refractivity contribution >= 4 is 0 Å². The summed E-state index contributed by atoms with van der Waals surface area (Å²) in [5, 5.41) is 0. The summed E-state index contributed by atoms with van der Waals surface area (Å²) >= 11 is 0. The van der Waals surface area contributed by atoms with Crippen molar-refractivity contribution in [1.29, 1.82) is 0 Å². The summed E-state index contributed by atoms with van der Waals surface area (Å²) in [6.07, 6.45) is 20.7. The van der Waals surface area contributed by atoms with Crippen LogP contribution in [0, 0.1) is 0 Å².